The molecule has 0 aliphatic heterocycles. The lowest BCUT2D eigenvalue weighted by Gasteiger charge is -2.23. The number of nitriles is 2. The fourth-order valence-corrected chi connectivity index (χ4v) is 2.88. The van der Waals surface area contributed by atoms with Crippen LogP contribution in [0.15, 0.2) is 47.6 Å². The molecule has 32 heavy (non-hydrogen) atoms. The first kappa shape index (κ1) is 24.1. The third-order valence-electron chi connectivity index (χ3n) is 4.41. The molecule has 1 amide bonds. The Morgan fingerprint density at radius 2 is 1.84 bits per heavy atom. The number of benzene rings is 2. The van der Waals surface area contributed by atoms with Crippen molar-refractivity contribution in [2.45, 2.75) is 19.8 Å². The number of anilines is 1. The first-order valence-electron chi connectivity index (χ1n) is 9.73. The number of para-hydroxylation sites is 1. The van der Waals surface area contributed by atoms with E-state index in [0.717, 1.165) is 16.8 Å². The van der Waals surface area contributed by atoms with Gasteiger partial charge in [0.2, 0.25) is 5.11 Å². The Bertz CT molecular complexity index is 1050. The van der Waals surface area contributed by atoms with E-state index in [4.69, 9.17) is 22.7 Å². The van der Waals surface area contributed by atoms with Crippen molar-refractivity contribution in [3.8, 4) is 17.9 Å². The number of hydrogen-bond donors (Lipinski definition) is 4. The minimum atomic E-state index is -0.542. The maximum absolute atomic E-state index is 12.0. The van der Waals surface area contributed by atoms with Gasteiger partial charge in [0.15, 0.2) is 0 Å². The third kappa shape index (κ3) is 7.27. The van der Waals surface area contributed by atoms with Crippen LogP contribution in [0.5, 0.6) is 5.75 Å². The molecule has 0 saturated carbocycles. The summed E-state index contributed by atoms with van der Waals surface area (Å²) in [5.74, 6) is -0.679. The number of nitrogens with one attached hydrogen (secondary N) is 3. The van der Waals surface area contributed by atoms with E-state index in [-0.39, 0.29) is 16.4 Å². The number of hydrogen-bond acceptors (Lipinski definition) is 7. The van der Waals surface area contributed by atoms with E-state index in [9.17, 15) is 9.90 Å². The zero-order valence-electron chi connectivity index (χ0n) is 17.5. The van der Waals surface area contributed by atoms with Crippen LogP contribution in [0.4, 0.5) is 5.69 Å². The highest BCUT2D eigenvalue weighted by Gasteiger charge is 2.10. The van der Waals surface area contributed by atoms with Gasteiger partial charge in [0.05, 0.1) is 36.8 Å². The highest BCUT2D eigenvalue weighted by Crippen LogP contribution is 2.19. The second kappa shape index (κ2) is 12.5. The second-order valence-electron chi connectivity index (χ2n) is 6.64. The first-order valence-corrected chi connectivity index (χ1v) is 10.1. The van der Waals surface area contributed by atoms with Crippen LogP contribution in [0.25, 0.3) is 0 Å². The first-order chi connectivity index (χ1) is 15.5. The molecule has 2 rings (SSSR count). The highest BCUT2D eigenvalue weighted by molar-refractivity contribution is 7.80. The topological polar surface area (TPSA) is 137 Å². The largest absolute Gasteiger partial charge is 0.507 e. The van der Waals surface area contributed by atoms with E-state index < -0.39 is 5.91 Å². The fraction of sp³-hybridized carbons (Fsp3) is 0.227. The van der Waals surface area contributed by atoms with Gasteiger partial charge in [-0.15, -0.1) is 0 Å². The number of aryl methyl sites for hydroxylation is 1. The smallest absolute Gasteiger partial charge is 0.273 e. The number of phenols is 1. The Hall–Kier alpha value is -4.15. The van der Waals surface area contributed by atoms with Gasteiger partial charge >= 0.3 is 0 Å². The molecule has 9 nitrogen and oxygen atoms in total. The number of hydrazine groups is 1. The fourth-order valence-electron chi connectivity index (χ4n) is 2.78. The van der Waals surface area contributed by atoms with Crippen molar-refractivity contribution in [1.29, 1.82) is 10.5 Å². The van der Waals surface area contributed by atoms with Crippen molar-refractivity contribution in [1.82, 2.24) is 16.3 Å². The maximum atomic E-state index is 12.0. The molecule has 0 aliphatic rings. The number of amides is 1. The van der Waals surface area contributed by atoms with Crippen LogP contribution >= 0.6 is 12.2 Å². The summed E-state index contributed by atoms with van der Waals surface area (Å²) in [5.41, 5.74) is 10.3. The van der Waals surface area contributed by atoms with E-state index in [0.29, 0.717) is 25.9 Å². The van der Waals surface area contributed by atoms with Crippen molar-refractivity contribution in [2.75, 3.05) is 18.0 Å². The summed E-state index contributed by atoms with van der Waals surface area (Å²) < 4.78 is 0. The summed E-state index contributed by atoms with van der Waals surface area (Å²) in [4.78, 5) is 14.0. The highest BCUT2D eigenvalue weighted by atomic mass is 32.1. The normalized spacial score (nSPS) is 10.1. The summed E-state index contributed by atoms with van der Waals surface area (Å²) >= 11 is 5.07. The molecule has 0 fully saturated rings. The Morgan fingerprint density at radius 1 is 1.16 bits per heavy atom. The predicted octanol–water partition coefficient (Wildman–Crippen LogP) is 2.48. The average molecular weight is 450 g/mol. The van der Waals surface area contributed by atoms with Crippen LogP contribution in [-0.4, -0.2) is 35.4 Å². The number of phenolic OH excluding ortho intramolecular Hbond substituents is 1. The molecule has 0 saturated heterocycles. The lowest BCUT2D eigenvalue weighted by atomic mass is 10.1. The average Bonchev–Trinajstić information content (AvgIpc) is 2.79. The van der Waals surface area contributed by atoms with E-state index >= 15 is 0 Å². The molecule has 2 aromatic carbocycles. The summed E-state index contributed by atoms with van der Waals surface area (Å²) in [6, 6.07) is 16.2. The van der Waals surface area contributed by atoms with Crippen molar-refractivity contribution < 1.29 is 9.90 Å². The van der Waals surface area contributed by atoms with Gasteiger partial charge in [-0.1, -0.05) is 18.2 Å². The number of rotatable bonds is 8. The van der Waals surface area contributed by atoms with Gasteiger partial charge < -0.3 is 10.0 Å². The van der Waals surface area contributed by atoms with Gasteiger partial charge in [-0.25, -0.2) is 0 Å². The lowest BCUT2D eigenvalue weighted by Crippen LogP contribution is -2.45. The van der Waals surface area contributed by atoms with E-state index in [1.54, 1.807) is 18.3 Å². The lowest BCUT2D eigenvalue weighted by molar-refractivity contribution is 0.0941. The van der Waals surface area contributed by atoms with Crippen LogP contribution in [0, 0.1) is 29.6 Å². The van der Waals surface area contributed by atoms with Crippen LogP contribution in [-0.2, 0) is 0 Å². The van der Waals surface area contributed by atoms with Crippen LogP contribution < -0.4 is 21.2 Å². The van der Waals surface area contributed by atoms with Gasteiger partial charge in [-0.3, -0.25) is 21.1 Å². The maximum Gasteiger partial charge on any atom is 0.273 e. The van der Waals surface area contributed by atoms with Crippen molar-refractivity contribution in [3.05, 3.63) is 59.2 Å². The Balaban J connectivity index is 1.91. The zero-order chi connectivity index (χ0) is 23.3. The molecular formula is C22H23N7O2S. The number of nitrogens with zero attached hydrogens (tertiary/aromatic N) is 4. The van der Waals surface area contributed by atoms with Gasteiger partial charge in [-0.05, 0) is 54.5 Å². The van der Waals surface area contributed by atoms with Crippen molar-refractivity contribution in [3.63, 3.8) is 0 Å². The Morgan fingerprint density at radius 3 is 2.47 bits per heavy atom. The van der Waals surface area contributed by atoms with Crippen LogP contribution in [0.3, 0.4) is 0 Å². The molecule has 0 bridgehead atoms. The Kier molecular flexibility index (Phi) is 9.44. The molecule has 164 valence electrons. The molecule has 4 N–H and O–H groups in total. The molecule has 0 aromatic heterocycles. The summed E-state index contributed by atoms with van der Waals surface area (Å²) in [6.45, 7) is 3.04. The van der Waals surface area contributed by atoms with Crippen molar-refractivity contribution in [2.24, 2.45) is 5.10 Å². The van der Waals surface area contributed by atoms with E-state index in [1.807, 2.05) is 30.0 Å². The number of carbonyl (C=O) groups is 1. The van der Waals surface area contributed by atoms with Gasteiger partial charge in [-0.2, -0.15) is 15.6 Å². The Labute approximate surface area is 191 Å². The number of thiocarbonyl (C=S) groups is 1. The molecule has 0 unspecified atom stereocenters. The summed E-state index contributed by atoms with van der Waals surface area (Å²) in [5, 5.41) is 31.5. The SMILES string of the molecule is Cc1cc(N(CCC#N)CCC#N)ccc1/C=N/NC(=S)NNC(=O)c1ccccc1O. The van der Waals surface area contributed by atoms with Crippen LogP contribution in [0.2, 0.25) is 0 Å². The van der Waals surface area contributed by atoms with Crippen LogP contribution in [0.1, 0.15) is 34.3 Å². The summed E-state index contributed by atoms with van der Waals surface area (Å²) in [6.07, 6.45) is 2.35. The molecule has 0 aliphatic carbocycles. The van der Waals surface area contributed by atoms with Gasteiger partial charge in [0.1, 0.15) is 5.75 Å². The standard InChI is InChI=1S/C22H23N7O2S/c1-16-14-18(29(12-4-10-23)13-5-11-24)9-8-17(16)15-25-27-22(32)28-26-21(31)19-6-2-3-7-20(19)30/h2-3,6-9,14-15,30H,4-5,12-13H2,1H3,(H,26,31)(H2,27,28,32)/b25-15+. The van der Waals surface area contributed by atoms with Crippen molar-refractivity contribution >= 4 is 35.1 Å². The molecular weight excluding hydrogens is 426 g/mol. The monoisotopic (exact) mass is 449 g/mol. The number of hydrazone groups is 1. The molecule has 10 heteroatoms. The van der Waals surface area contributed by atoms with Gasteiger partial charge in [0.25, 0.3) is 5.91 Å². The quantitative estimate of drug-likeness (QED) is 0.274. The molecule has 2 aromatic rings. The molecule has 0 radical (unpaired) electrons. The predicted molar refractivity (Wildman–Crippen MR) is 126 cm³/mol. The van der Waals surface area contributed by atoms with Gasteiger partial charge in [0, 0.05) is 18.8 Å². The second-order valence-corrected chi connectivity index (χ2v) is 7.05. The number of aromatic hydroxyl groups is 1. The molecule has 0 spiro atoms. The zero-order valence-corrected chi connectivity index (χ0v) is 18.3. The molecule has 0 heterocycles. The minimum Gasteiger partial charge on any atom is -0.507 e. The summed E-state index contributed by atoms with van der Waals surface area (Å²) in [7, 11) is 0. The number of carbonyl (C=O) groups excluding carboxylic acids is 1. The van der Waals surface area contributed by atoms with E-state index in [2.05, 4.69) is 33.5 Å². The minimum absolute atomic E-state index is 0.0680. The third-order valence-corrected chi connectivity index (χ3v) is 4.61. The van der Waals surface area contributed by atoms with E-state index in [1.165, 1.54) is 12.1 Å². The molecule has 0 atom stereocenters.